The first kappa shape index (κ1) is 17.4. The third-order valence-corrected chi connectivity index (χ3v) is 4.64. The van der Waals surface area contributed by atoms with Gasteiger partial charge in [0.25, 0.3) is 5.91 Å². The Morgan fingerprint density at radius 3 is 2.36 bits per heavy atom. The van der Waals surface area contributed by atoms with Crippen LogP contribution in [0.25, 0.3) is 0 Å². The van der Waals surface area contributed by atoms with Crippen LogP contribution in [0.15, 0.2) is 72.9 Å². The molecule has 0 aliphatic heterocycles. The van der Waals surface area contributed by atoms with Gasteiger partial charge in [0.2, 0.25) is 0 Å². The molecule has 0 radical (unpaired) electrons. The third kappa shape index (κ3) is 5.03. The zero-order chi connectivity index (χ0) is 17.5. The fraction of sp³-hybridized carbons (Fsp3) is 0.100. The van der Waals surface area contributed by atoms with Gasteiger partial charge in [0.15, 0.2) is 0 Å². The highest BCUT2D eigenvalue weighted by Crippen LogP contribution is 2.17. The molecule has 3 rings (SSSR count). The second-order valence-electron chi connectivity index (χ2n) is 5.51. The van der Waals surface area contributed by atoms with Crippen molar-refractivity contribution >= 4 is 39.9 Å². The molecule has 0 bridgehead atoms. The van der Waals surface area contributed by atoms with Crippen molar-refractivity contribution in [2.75, 3.05) is 17.2 Å². The van der Waals surface area contributed by atoms with Crippen molar-refractivity contribution < 1.29 is 4.79 Å². The average Bonchev–Trinajstić information content (AvgIpc) is 2.64. The van der Waals surface area contributed by atoms with Crippen LogP contribution in [0.3, 0.4) is 0 Å². The van der Waals surface area contributed by atoms with E-state index in [9.17, 15) is 4.79 Å². The van der Waals surface area contributed by atoms with Crippen LogP contribution in [0.5, 0.6) is 0 Å². The largest absolute Gasteiger partial charge is 0.385 e. The van der Waals surface area contributed by atoms with E-state index >= 15 is 0 Å². The van der Waals surface area contributed by atoms with Crippen LogP contribution in [-0.2, 0) is 6.42 Å². The number of hydrogen-bond acceptors (Lipinski definition) is 3. The van der Waals surface area contributed by atoms with Crippen molar-refractivity contribution in [3.8, 4) is 0 Å². The van der Waals surface area contributed by atoms with Crippen molar-refractivity contribution in [2.24, 2.45) is 0 Å². The van der Waals surface area contributed by atoms with E-state index in [2.05, 4.69) is 38.2 Å². The van der Waals surface area contributed by atoms with Crippen LogP contribution in [0.4, 0.5) is 11.4 Å². The molecule has 2 N–H and O–H groups in total. The Morgan fingerprint density at radius 2 is 1.64 bits per heavy atom. The van der Waals surface area contributed by atoms with E-state index < -0.39 is 0 Å². The summed E-state index contributed by atoms with van der Waals surface area (Å²) in [4.78, 5) is 16.6. The summed E-state index contributed by atoms with van der Waals surface area (Å²) in [5, 5.41) is 6.29. The van der Waals surface area contributed by atoms with E-state index in [1.54, 1.807) is 6.20 Å². The molecule has 1 aromatic heterocycles. The minimum atomic E-state index is -0.0964. The number of amides is 1. The Kier molecular flexibility index (Phi) is 6.00. The number of halogens is 1. The number of rotatable bonds is 6. The van der Waals surface area contributed by atoms with E-state index in [1.807, 2.05) is 66.7 Å². The van der Waals surface area contributed by atoms with E-state index in [0.29, 0.717) is 5.56 Å². The predicted molar refractivity (Wildman–Crippen MR) is 110 cm³/mol. The van der Waals surface area contributed by atoms with Gasteiger partial charge in [0.05, 0.1) is 5.56 Å². The Bertz CT molecular complexity index is 835. The van der Waals surface area contributed by atoms with Crippen molar-refractivity contribution in [3.63, 3.8) is 0 Å². The number of nitrogens with zero attached hydrogens (tertiary/aromatic N) is 1. The van der Waals surface area contributed by atoms with Gasteiger partial charge in [-0.05, 0) is 71.1 Å². The van der Waals surface area contributed by atoms with Gasteiger partial charge in [0.1, 0.15) is 0 Å². The Balaban J connectivity index is 1.53. The molecule has 3 aromatic rings. The number of carbonyl (C=O) groups is 1. The lowest BCUT2D eigenvalue weighted by Crippen LogP contribution is -2.13. The Morgan fingerprint density at radius 1 is 0.920 bits per heavy atom. The standard InChI is InChI=1S/C20H18IN3O/c21-19-7-2-1-6-18(19)20(25)24-17-10-8-16(9-11-17)23-14-12-15-5-3-4-13-22-15/h1-11,13,23H,12,14H2,(H,24,25). The zero-order valence-corrected chi connectivity index (χ0v) is 15.7. The number of pyridine rings is 1. The van der Waals surface area contributed by atoms with E-state index in [-0.39, 0.29) is 5.91 Å². The molecule has 0 fully saturated rings. The zero-order valence-electron chi connectivity index (χ0n) is 13.6. The number of hydrogen-bond donors (Lipinski definition) is 2. The minimum absolute atomic E-state index is 0.0964. The lowest BCUT2D eigenvalue weighted by molar-refractivity contribution is 0.102. The molecule has 0 unspecified atom stereocenters. The van der Waals surface area contributed by atoms with Gasteiger partial charge in [-0.3, -0.25) is 9.78 Å². The summed E-state index contributed by atoms with van der Waals surface area (Å²) in [6.07, 6.45) is 2.67. The quantitative estimate of drug-likeness (QED) is 0.548. The van der Waals surface area contributed by atoms with E-state index in [4.69, 9.17) is 0 Å². The van der Waals surface area contributed by atoms with E-state index in [1.165, 1.54) is 0 Å². The maximum atomic E-state index is 12.3. The van der Waals surface area contributed by atoms with Gasteiger partial charge in [-0.1, -0.05) is 18.2 Å². The minimum Gasteiger partial charge on any atom is -0.385 e. The van der Waals surface area contributed by atoms with Crippen molar-refractivity contribution in [2.45, 2.75) is 6.42 Å². The average molecular weight is 443 g/mol. The summed E-state index contributed by atoms with van der Waals surface area (Å²) < 4.78 is 0.936. The third-order valence-electron chi connectivity index (χ3n) is 3.70. The molecule has 25 heavy (non-hydrogen) atoms. The second-order valence-corrected chi connectivity index (χ2v) is 6.67. The van der Waals surface area contributed by atoms with Gasteiger partial charge in [-0.25, -0.2) is 0 Å². The summed E-state index contributed by atoms with van der Waals surface area (Å²) in [6, 6.07) is 21.2. The number of nitrogens with one attached hydrogen (secondary N) is 2. The highest BCUT2D eigenvalue weighted by molar-refractivity contribution is 14.1. The van der Waals surface area contributed by atoms with Gasteiger partial charge < -0.3 is 10.6 Å². The highest BCUT2D eigenvalue weighted by Gasteiger charge is 2.09. The summed E-state index contributed by atoms with van der Waals surface area (Å²) in [5.41, 5.74) is 3.54. The van der Waals surface area contributed by atoms with Gasteiger partial charge in [-0.15, -0.1) is 0 Å². The molecule has 0 atom stereocenters. The smallest absolute Gasteiger partial charge is 0.256 e. The molecular weight excluding hydrogens is 425 g/mol. The first-order valence-electron chi connectivity index (χ1n) is 8.02. The summed E-state index contributed by atoms with van der Waals surface area (Å²) in [6.45, 7) is 0.810. The molecule has 0 aliphatic rings. The monoisotopic (exact) mass is 443 g/mol. The highest BCUT2D eigenvalue weighted by atomic mass is 127. The SMILES string of the molecule is O=C(Nc1ccc(NCCc2ccccn2)cc1)c1ccccc1I. The topological polar surface area (TPSA) is 54.0 Å². The molecule has 1 amide bonds. The van der Waals surface area contributed by atoms with Crippen LogP contribution < -0.4 is 10.6 Å². The van der Waals surface area contributed by atoms with Gasteiger partial charge >= 0.3 is 0 Å². The molecule has 0 spiro atoms. The molecule has 0 saturated heterocycles. The molecule has 2 aromatic carbocycles. The predicted octanol–water partition coefficient (Wildman–Crippen LogP) is 4.59. The molecular formula is C20H18IN3O. The molecule has 0 saturated carbocycles. The summed E-state index contributed by atoms with van der Waals surface area (Å²) in [5.74, 6) is -0.0964. The first-order valence-corrected chi connectivity index (χ1v) is 9.10. The summed E-state index contributed by atoms with van der Waals surface area (Å²) >= 11 is 2.17. The fourth-order valence-electron chi connectivity index (χ4n) is 2.40. The van der Waals surface area contributed by atoms with Gasteiger partial charge in [-0.2, -0.15) is 0 Å². The summed E-state index contributed by atoms with van der Waals surface area (Å²) in [7, 11) is 0. The maximum absolute atomic E-state index is 12.3. The molecule has 0 aliphatic carbocycles. The molecule has 1 heterocycles. The lowest BCUT2D eigenvalue weighted by Gasteiger charge is -2.09. The van der Waals surface area contributed by atoms with Crippen molar-refractivity contribution in [1.29, 1.82) is 0 Å². The molecule has 4 nitrogen and oxygen atoms in total. The number of carbonyl (C=O) groups excluding carboxylic acids is 1. The van der Waals surface area contributed by atoms with Crippen LogP contribution in [0.1, 0.15) is 16.1 Å². The Hall–Kier alpha value is -2.41. The molecule has 5 heteroatoms. The van der Waals surface area contributed by atoms with Crippen molar-refractivity contribution in [1.82, 2.24) is 4.98 Å². The molecule has 126 valence electrons. The van der Waals surface area contributed by atoms with Crippen LogP contribution in [0, 0.1) is 3.57 Å². The fourth-order valence-corrected chi connectivity index (χ4v) is 3.03. The van der Waals surface area contributed by atoms with E-state index in [0.717, 1.165) is 33.6 Å². The lowest BCUT2D eigenvalue weighted by atomic mass is 10.2. The Labute approximate surface area is 160 Å². The normalized spacial score (nSPS) is 10.3. The first-order chi connectivity index (χ1) is 12.2. The number of benzene rings is 2. The number of anilines is 2. The van der Waals surface area contributed by atoms with Crippen molar-refractivity contribution in [3.05, 3.63) is 87.8 Å². The number of aromatic nitrogens is 1. The van der Waals surface area contributed by atoms with Crippen LogP contribution in [-0.4, -0.2) is 17.4 Å². The van der Waals surface area contributed by atoms with Crippen LogP contribution >= 0.6 is 22.6 Å². The van der Waals surface area contributed by atoms with Gasteiger partial charge in [0, 0.05) is 39.8 Å². The maximum Gasteiger partial charge on any atom is 0.256 e. The second kappa shape index (κ2) is 8.62. The van der Waals surface area contributed by atoms with Crippen LogP contribution in [0.2, 0.25) is 0 Å².